The Morgan fingerprint density at radius 1 is 1.59 bits per heavy atom. The van der Waals surface area contributed by atoms with Crippen molar-refractivity contribution >= 4 is 23.3 Å². The molecule has 1 aliphatic heterocycles. The van der Waals surface area contributed by atoms with Gasteiger partial charge < -0.3 is 15.0 Å². The molecule has 2 rings (SSSR count). The normalized spacial score (nSPS) is 17.0. The molecule has 1 saturated heterocycles. The molecule has 22 heavy (non-hydrogen) atoms. The van der Waals surface area contributed by atoms with Gasteiger partial charge in [-0.25, -0.2) is 4.79 Å². The van der Waals surface area contributed by atoms with Crippen molar-refractivity contribution in [3.63, 3.8) is 0 Å². The summed E-state index contributed by atoms with van der Waals surface area (Å²) in [4.78, 5) is 14.1. The van der Waals surface area contributed by atoms with Crippen molar-refractivity contribution in [3.05, 3.63) is 28.8 Å². The monoisotopic (exact) mass is 321 g/mol. The molecule has 6 heteroatoms. The summed E-state index contributed by atoms with van der Waals surface area (Å²) in [5.41, 5.74) is 1.63. The molecule has 0 aliphatic carbocycles. The fourth-order valence-electron chi connectivity index (χ4n) is 2.42. The molecule has 0 saturated carbocycles. The summed E-state index contributed by atoms with van der Waals surface area (Å²) in [6.45, 7) is 3.55. The average Bonchev–Trinajstić information content (AvgIpc) is 3.00. The highest BCUT2D eigenvalue weighted by Crippen LogP contribution is 2.21. The maximum Gasteiger partial charge on any atom is 0.321 e. The Labute approximate surface area is 135 Å². The predicted molar refractivity (Wildman–Crippen MR) is 86.0 cm³/mol. The maximum atomic E-state index is 12.5. The third-order valence-corrected chi connectivity index (χ3v) is 3.91. The van der Waals surface area contributed by atoms with Gasteiger partial charge >= 0.3 is 6.03 Å². The van der Waals surface area contributed by atoms with E-state index < -0.39 is 0 Å². The molecule has 1 aliphatic rings. The van der Waals surface area contributed by atoms with Crippen molar-refractivity contribution in [2.45, 2.75) is 32.3 Å². The third kappa shape index (κ3) is 4.62. The van der Waals surface area contributed by atoms with E-state index in [9.17, 15) is 4.79 Å². The zero-order valence-corrected chi connectivity index (χ0v) is 13.4. The summed E-state index contributed by atoms with van der Waals surface area (Å²) < 4.78 is 5.58. The number of nitrogens with one attached hydrogen (secondary N) is 1. The van der Waals surface area contributed by atoms with E-state index in [1.54, 1.807) is 17.0 Å². The standard InChI is InChI=1S/C16H20ClN3O2/c1-12-5-6-13(17)10-15(12)19-16(21)20(8-3-7-18)11-14-4-2-9-22-14/h5-6,10,14H,2-4,8-9,11H2,1H3,(H,19,21). The lowest BCUT2D eigenvalue weighted by Crippen LogP contribution is -2.40. The van der Waals surface area contributed by atoms with Gasteiger partial charge in [0.15, 0.2) is 0 Å². The van der Waals surface area contributed by atoms with E-state index in [1.165, 1.54) is 0 Å². The predicted octanol–water partition coefficient (Wildman–Crippen LogP) is 3.58. The van der Waals surface area contributed by atoms with Crippen LogP contribution in [0.3, 0.4) is 0 Å². The summed E-state index contributed by atoms with van der Waals surface area (Å²) in [5, 5.41) is 12.2. The minimum absolute atomic E-state index is 0.0601. The van der Waals surface area contributed by atoms with Gasteiger partial charge in [-0.05, 0) is 37.5 Å². The molecule has 2 amide bonds. The minimum atomic E-state index is -0.226. The molecule has 0 radical (unpaired) electrons. The highest BCUT2D eigenvalue weighted by molar-refractivity contribution is 6.31. The van der Waals surface area contributed by atoms with Gasteiger partial charge in [0.2, 0.25) is 0 Å². The van der Waals surface area contributed by atoms with Gasteiger partial charge in [-0.3, -0.25) is 0 Å². The third-order valence-electron chi connectivity index (χ3n) is 3.67. The smallest absolute Gasteiger partial charge is 0.321 e. The lowest BCUT2D eigenvalue weighted by atomic mass is 10.2. The van der Waals surface area contributed by atoms with E-state index >= 15 is 0 Å². The molecule has 1 heterocycles. The Bertz CT molecular complexity index is 565. The molecule has 0 bridgehead atoms. The van der Waals surface area contributed by atoms with E-state index in [1.807, 2.05) is 13.0 Å². The molecular formula is C16H20ClN3O2. The van der Waals surface area contributed by atoms with Crippen LogP contribution < -0.4 is 5.32 Å². The first-order valence-electron chi connectivity index (χ1n) is 7.41. The second-order valence-electron chi connectivity index (χ2n) is 5.38. The van der Waals surface area contributed by atoms with Crippen LogP contribution in [0.1, 0.15) is 24.8 Å². The van der Waals surface area contributed by atoms with Crippen LogP contribution >= 0.6 is 11.6 Å². The van der Waals surface area contributed by atoms with Gasteiger partial charge in [0.25, 0.3) is 0 Å². The lowest BCUT2D eigenvalue weighted by Gasteiger charge is -2.25. The van der Waals surface area contributed by atoms with Crippen molar-refractivity contribution in [2.75, 3.05) is 25.0 Å². The molecule has 1 fully saturated rings. The Morgan fingerprint density at radius 3 is 3.09 bits per heavy atom. The second kappa shape index (κ2) is 8.02. The summed E-state index contributed by atoms with van der Waals surface area (Å²) in [6.07, 6.45) is 2.33. The van der Waals surface area contributed by atoms with Gasteiger partial charge in [-0.1, -0.05) is 17.7 Å². The Hall–Kier alpha value is -1.77. The maximum absolute atomic E-state index is 12.5. The summed E-state index contributed by atoms with van der Waals surface area (Å²) in [6, 6.07) is 7.22. The highest BCUT2D eigenvalue weighted by atomic mass is 35.5. The van der Waals surface area contributed by atoms with Gasteiger partial charge in [-0.2, -0.15) is 5.26 Å². The Balaban J connectivity index is 2.03. The number of anilines is 1. The van der Waals surface area contributed by atoms with Crippen LogP contribution in [-0.2, 0) is 4.74 Å². The number of carbonyl (C=O) groups is 1. The first kappa shape index (κ1) is 16.6. The number of urea groups is 1. The van der Waals surface area contributed by atoms with E-state index in [2.05, 4.69) is 11.4 Å². The number of benzene rings is 1. The molecule has 1 atom stereocenters. The molecule has 1 aromatic carbocycles. The minimum Gasteiger partial charge on any atom is -0.376 e. The molecule has 5 nitrogen and oxygen atoms in total. The van der Waals surface area contributed by atoms with Crippen LogP contribution in [-0.4, -0.2) is 36.7 Å². The number of nitriles is 1. The van der Waals surface area contributed by atoms with Crippen molar-refractivity contribution in [3.8, 4) is 6.07 Å². The number of amides is 2. The lowest BCUT2D eigenvalue weighted by molar-refractivity contribution is 0.0841. The van der Waals surface area contributed by atoms with Crippen molar-refractivity contribution in [1.29, 1.82) is 5.26 Å². The van der Waals surface area contributed by atoms with Gasteiger partial charge in [-0.15, -0.1) is 0 Å². The number of carbonyl (C=O) groups excluding carboxylic acids is 1. The first-order valence-corrected chi connectivity index (χ1v) is 7.78. The number of rotatable bonds is 5. The summed E-state index contributed by atoms with van der Waals surface area (Å²) in [7, 11) is 0. The van der Waals surface area contributed by atoms with E-state index in [-0.39, 0.29) is 12.1 Å². The molecule has 1 unspecified atom stereocenters. The first-order chi connectivity index (χ1) is 10.6. The fourth-order valence-corrected chi connectivity index (χ4v) is 2.59. The number of hydrogen-bond acceptors (Lipinski definition) is 3. The fraction of sp³-hybridized carbons (Fsp3) is 0.500. The quantitative estimate of drug-likeness (QED) is 0.901. The largest absolute Gasteiger partial charge is 0.376 e. The molecule has 1 N–H and O–H groups in total. The van der Waals surface area contributed by atoms with E-state index in [0.717, 1.165) is 25.0 Å². The zero-order valence-electron chi connectivity index (χ0n) is 12.6. The molecule has 0 aromatic heterocycles. The molecule has 0 spiro atoms. The van der Waals surface area contributed by atoms with Crippen LogP contribution in [0, 0.1) is 18.3 Å². The Kier molecular flexibility index (Phi) is 6.05. The number of hydrogen-bond donors (Lipinski definition) is 1. The summed E-state index contributed by atoms with van der Waals surface area (Å²) in [5.74, 6) is 0. The SMILES string of the molecule is Cc1ccc(Cl)cc1NC(=O)N(CCC#N)CC1CCCO1. The van der Waals surface area contributed by atoms with Crippen LogP contribution in [0.5, 0.6) is 0 Å². The molecule has 1 aromatic rings. The molecule has 118 valence electrons. The van der Waals surface area contributed by atoms with Crippen molar-refractivity contribution < 1.29 is 9.53 Å². The number of ether oxygens (including phenoxy) is 1. The van der Waals surface area contributed by atoms with Crippen LogP contribution in [0.2, 0.25) is 5.02 Å². The highest BCUT2D eigenvalue weighted by Gasteiger charge is 2.22. The van der Waals surface area contributed by atoms with Gasteiger partial charge in [0, 0.05) is 30.4 Å². The van der Waals surface area contributed by atoms with Crippen molar-refractivity contribution in [2.24, 2.45) is 0 Å². The Morgan fingerprint density at radius 2 is 2.41 bits per heavy atom. The summed E-state index contributed by atoms with van der Waals surface area (Å²) >= 11 is 5.97. The average molecular weight is 322 g/mol. The number of halogens is 1. The van der Waals surface area contributed by atoms with Crippen LogP contribution in [0.25, 0.3) is 0 Å². The zero-order chi connectivity index (χ0) is 15.9. The van der Waals surface area contributed by atoms with Gasteiger partial charge in [0.1, 0.15) is 0 Å². The van der Waals surface area contributed by atoms with Crippen LogP contribution in [0.4, 0.5) is 10.5 Å². The topological polar surface area (TPSA) is 65.4 Å². The number of nitrogens with zero attached hydrogens (tertiary/aromatic N) is 2. The second-order valence-corrected chi connectivity index (χ2v) is 5.81. The molecular weight excluding hydrogens is 302 g/mol. The van der Waals surface area contributed by atoms with Crippen LogP contribution in [0.15, 0.2) is 18.2 Å². The van der Waals surface area contributed by atoms with Crippen molar-refractivity contribution in [1.82, 2.24) is 4.90 Å². The van der Waals surface area contributed by atoms with E-state index in [0.29, 0.717) is 30.2 Å². The number of aryl methyl sites for hydroxylation is 1. The van der Waals surface area contributed by atoms with E-state index in [4.69, 9.17) is 21.6 Å². The van der Waals surface area contributed by atoms with Gasteiger partial charge in [0.05, 0.1) is 18.6 Å².